The van der Waals surface area contributed by atoms with Crippen molar-refractivity contribution in [3.05, 3.63) is 77.8 Å². The van der Waals surface area contributed by atoms with Gasteiger partial charge in [-0.25, -0.2) is 18.6 Å². The molecular formula is C27H32F2N4O4. The number of aromatic nitrogens is 2. The molecule has 0 fully saturated rings. The Labute approximate surface area is 214 Å². The number of aliphatic hydroxyl groups excluding tert-OH is 1. The highest BCUT2D eigenvalue weighted by Gasteiger charge is 2.50. The number of rotatable bonds is 9. The summed E-state index contributed by atoms with van der Waals surface area (Å²) in [6.07, 6.45) is 1.37. The van der Waals surface area contributed by atoms with Gasteiger partial charge in [-0.05, 0) is 35.6 Å². The van der Waals surface area contributed by atoms with E-state index in [1.807, 2.05) is 30.3 Å². The minimum Gasteiger partial charge on any atom is -0.478 e. The average Bonchev–Trinajstić information content (AvgIpc) is 3.25. The zero-order chi connectivity index (χ0) is 27.5. The molecule has 8 nitrogen and oxygen atoms in total. The van der Waals surface area contributed by atoms with Gasteiger partial charge in [-0.3, -0.25) is 10.5 Å². The Morgan fingerprint density at radius 2 is 1.78 bits per heavy atom. The SMILES string of the molecule is CC[C@@](N)(C(=O)O)N(C(=O)CO)[C@@H](c1nc(-c2cc(F)ccc2F)cn1Cc1ccccc1)C(C)(C)C. The highest BCUT2D eigenvalue weighted by Crippen LogP contribution is 2.42. The smallest absolute Gasteiger partial charge is 0.344 e. The normalized spacial score (nSPS) is 14.2. The largest absolute Gasteiger partial charge is 0.478 e. The van der Waals surface area contributed by atoms with Gasteiger partial charge in [0.05, 0.1) is 11.7 Å². The van der Waals surface area contributed by atoms with Crippen molar-refractivity contribution in [1.29, 1.82) is 0 Å². The number of carbonyl (C=O) groups is 2. The van der Waals surface area contributed by atoms with Crippen LogP contribution in [0.25, 0.3) is 11.3 Å². The standard InChI is InChI=1S/C27H32F2N4O4/c1-5-27(30,25(36)37)33(22(35)16-34)23(26(2,3)4)24-31-21(19-13-18(28)11-12-20(19)29)15-32(24)14-17-9-7-6-8-10-17/h6-13,15,23,34H,5,14,16,30H2,1-4H3,(H,36,37)/t23-,27-/m0/s1. The van der Waals surface area contributed by atoms with E-state index in [4.69, 9.17) is 5.73 Å². The van der Waals surface area contributed by atoms with Crippen molar-refractivity contribution in [1.82, 2.24) is 14.5 Å². The molecule has 0 radical (unpaired) electrons. The molecule has 3 aromatic rings. The summed E-state index contributed by atoms with van der Waals surface area (Å²) in [7, 11) is 0. The van der Waals surface area contributed by atoms with Crippen molar-refractivity contribution in [3.8, 4) is 11.3 Å². The molecule has 0 bridgehead atoms. The molecule has 0 aliphatic heterocycles. The van der Waals surface area contributed by atoms with Crippen LogP contribution in [0.15, 0.2) is 54.7 Å². The lowest BCUT2D eigenvalue weighted by Crippen LogP contribution is -2.66. The zero-order valence-corrected chi connectivity index (χ0v) is 21.3. The Kier molecular flexibility index (Phi) is 8.14. The molecule has 2 atom stereocenters. The summed E-state index contributed by atoms with van der Waals surface area (Å²) in [6.45, 7) is 6.11. The molecule has 37 heavy (non-hydrogen) atoms. The van der Waals surface area contributed by atoms with Gasteiger partial charge >= 0.3 is 5.97 Å². The van der Waals surface area contributed by atoms with Crippen LogP contribution in [0, 0.1) is 17.0 Å². The number of benzene rings is 2. The highest BCUT2D eigenvalue weighted by atomic mass is 19.1. The molecule has 198 valence electrons. The van der Waals surface area contributed by atoms with Gasteiger partial charge in [-0.1, -0.05) is 58.0 Å². The van der Waals surface area contributed by atoms with Gasteiger partial charge in [0.2, 0.25) is 0 Å². The Morgan fingerprint density at radius 3 is 2.32 bits per heavy atom. The van der Waals surface area contributed by atoms with Gasteiger partial charge in [-0.2, -0.15) is 0 Å². The van der Waals surface area contributed by atoms with Crippen molar-refractivity contribution in [3.63, 3.8) is 0 Å². The summed E-state index contributed by atoms with van der Waals surface area (Å²) < 4.78 is 30.4. The van der Waals surface area contributed by atoms with Crippen LogP contribution in [-0.4, -0.2) is 48.8 Å². The first-order valence-corrected chi connectivity index (χ1v) is 11.8. The molecule has 0 spiro atoms. The molecular weight excluding hydrogens is 482 g/mol. The molecule has 0 aliphatic carbocycles. The molecule has 2 aromatic carbocycles. The maximum Gasteiger partial charge on any atom is 0.344 e. The average molecular weight is 515 g/mol. The molecule has 1 amide bonds. The maximum atomic E-state index is 14.7. The lowest BCUT2D eigenvalue weighted by molar-refractivity contribution is -0.168. The van der Waals surface area contributed by atoms with Gasteiger partial charge in [0.15, 0.2) is 5.66 Å². The summed E-state index contributed by atoms with van der Waals surface area (Å²) in [5, 5.41) is 19.8. The third-order valence-electron chi connectivity index (χ3n) is 6.27. The quantitative estimate of drug-likeness (QED) is 0.372. The van der Waals surface area contributed by atoms with Crippen LogP contribution in [0.3, 0.4) is 0 Å². The molecule has 10 heteroatoms. The number of amides is 1. The van der Waals surface area contributed by atoms with E-state index in [0.717, 1.165) is 28.7 Å². The number of hydrogen-bond acceptors (Lipinski definition) is 5. The Hall–Kier alpha value is -3.63. The van der Waals surface area contributed by atoms with E-state index >= 15 is 0 Å². The van der Waals surface area contributed by atoms with E-state index in [1.54, 1.807) is 25.3 Å². The topological polar surface area (TPSA) is 122 Å². The number of nitrogens with zero attached hydrogens (tertiary/aromatic N) is 3. The van der Waals surface area contributed by atoms with Gasteiger partial charge in [-0.15, -0.1) is 0 Å². The van der Waals surface area contributed by atoms with Crippen molar-refractivity contribution in [2.24, 2.45) is 11.1 Å². The molecule has 0 saturated carbocycles. The second-order valence-electron chi connectivity index (χ2n) is 10.00. The number of imidazole rings is 1. The number of hydrogen-bond donors (Lipinski definition) is 3. The fourth-order valence-electron chi connectivity index (χ4n) is 4.37. The number of aliphatic hydroxyl groups is 1. The van der Waals surface area contributed by atoms with Crippen LogP contribution in [0.4, 0.5) is 8.78 Å². The third kappa shape index (κ3) is 5.70. The van der Waals surface area contributed by atoms with E-state index < -0.39 is 47.2 Å². The summed E-state index contributed by atoms with van der Waals surface area (Å²) in [5.74, 6) is -3.50. The van der Waals surface area contributed by atoms with Crippen molar-refractivity contribution >= 4 is 11.9 Å². The van der Waals surface area contributed by atoms with E-state index in [0.29, 0.717) is 0 Å². The van der Waals surface area contributed by atoms with E-state index in [2.05, 4.69) is 4.98 Å². The second kappa shape index (κ2) is 10.8. The van der Waals surface area contributed by atoms with Crippen LogP contribution < -0.4 is 5.73 Å². The molecule has 1 heterocycles. The highest BCUT2D eigenvalue weighted by molar-refractivity contribution is 5.87. The lowest BCUT2D eigenvalue weighted by Gasteiger charge is -2.46. The van der Waals surface area contributed by atoms with E-state index in [1.165, 1.54) is 13.1 Å². The number of carboxylic acids is 1. The minimum absolute atomic E-state index is 0.0894. The Bertz CT molecular complexity index is 1270. The maximum absolute atomic E-state index is 14.7. The monoisotopic (exact) mass is 514 g/mol. The summed E-state index contributed by atoms with van der Waals surface area (Å²) in [4.78, 5) is 31.0. The number of nitrogens with two attached hydrogens (primary N) is 1. The molecule has 0 saturated heterocycles. The fraction of sp³-hybridized carbons (Fsp3) is 0.370. The minimum atomic E-state index is -2.18. The molecule has 1 aromatic heterocycles. The van der Waals surface area contributed by atoms with E-state index in [-0.39, 0.29) is 30.0 Å². The summed E-state index contributed by atoms with van der Waals surface area (Å²) in [5.41, 5.74) is 4.15. The molecule has 0 aliphatic rings. The van der Waals surface area contributed by atoms with Gasteiger partial charge in [0, 0.05) is 18.3 Å². The number of aliphatic carboxylic acids is 1. The van der Waals surface area contributed by atoms with Crippen LogP contribution >= 0.6 is 0 Å². The van der Waals surface area contributed by atoms with Gasteiger partial charge in [0.1, 0.15) is 24.1 Å². The molecule has 3 rings (SSSR count). The third-order valence-corrected chi connectivity index (χ3v) is 6.27. The molecule has 0 unspecified atom stereocenters. The van der Waals surface area contributed by atoms with Gasteiger partial charge < -0.3 is 19.7 Å². The fourth-order valence-corrected chi connectivity index (χ4v) is 4.37. The van der Waals surface area contributed by atoms with Crippen LogP contribution in [-0.2, 0) is 16.1 Å². The first-order valence-electron chi connectivity index (χ1n) is 11.8. The lowest BCUT2D eigenvalue weighted by atomic mass is 9.82. The summed E-state index contributed by atoms with van der Waals surface area (Å²) in [6, 6.07) is 11.2. The van der Waals surface area contributed by atoms with E-state index in [9.17, 15) is 28.6 Å². The number of carbonyl (C=O) groups excluding carboxylic acids is 1. The van der Waals surface area contributed by atoms with Crippen LogP contribution in [0.5, 0.6) is 0 Å². The second-order valence-corrected chi connectivity index (χ2v) is 10.00. The predicted molar refractivity (Wildman–Crippen MR) is 134 cm³/mol. The molecule has 4 N–H and O–H groups in total. The number of carboxylic acid groups (broad SMARTS) is 1. The summed E-state index contributed by atoms with van der Waals surface area (Å²) >= 11 is 0. The Morgan fingerprint density at radius 1 is 1.14 bits per heavy atom. The van der Waals surface area contributed by atoms with Crippen molar-refractivity contribution in [2.75, 3.05) is 6.61 Å². The predicted octanol–water partition coefficient (Wildman–Crippen LogP) is 3.93. The van der Waals surface area contributed by atoms with Crippen LogP contribution in [0.1, 0.15) is 51.5 Å². The van der Waals surface area contributed by atoms with Crippen LogP contribution in [0.2, 0.25) is 0 Å². The number of halogens is 2. The first-order chi connectivity index (χ1) is 17.3. The van der Waals surface area contributed by atoms with Crippen molar-refractivity contribution in [2.45, 2.75) is 52.4 Å². The zero-order valence-electron chi connectivity index (χ0n) is 21.3. The van der Waals surface area contributed by atoms with Gasteiger partial charge in [0.25, 0.3) is 5.91 Å². The first kappa shape index (κ1) is 27.9. The van der Waals surface area contributed by atoms with Crippen molar-refractivity contribution < 1.29 is 28.6 Å². The Balaban J connectivity index is 2.34.